The van der Waals surface area contributed by atoms with Crippen LogP contribution >= 0.6 is 0 Å². The van der Waals surface area contributed by atoms with Gasteiger partial charge in [0.15, 0.2) is 12.4 Å². The van der Waals surface area contributed by atoms with E-state index in [1.54, 1.807) is 0 Å². The minimum absolute atomic E-state index is 0.127. The minimum atomic E-state index is -1.64. The van der Waals surface area contributed by atoms with Gasteiger partial charge in [0, 0.05) is 12.8 Å². The second kappa shape index (κ2) is 35.3. The lowest BCUT2D eigenvalue weighted by Gasteiger charge is -2.26. The molecule has 2 unspecified atom stereocenters. The number of quaternary nitrogens is 1. The molecular weight excluding hydrogens is 658 g/mol. The van der Waals surface area contributed by atoms with Gasteiger partial charge in [-0.25, -0.2) is 0 Å². The van der Waals surface area contributed by atoms with Gasteiger partial charge < -0.3 is 33.3 Å². The zero-order valence-corrected chi connectivity index (χ0v) is 33.7. The SMILES string of the molecule is CC/C=C\C/C=C\C/C=C\C/C=C\CCC(=O)OC(COC(=O)CCCCCCCCCCCCCCCC)COC(OCC[N+](C)(C)C)C(=O)[O-]. The second-order valence-corrected chi connectivity index (χ2v) is 14.5. The van der Waals surface area contributed by atoms with E-state index in [2.05, 4.69) is 50.3 Å². The summed E-state index contributed by atoms with van der Waals surface area (Å²) in [6, 6.07) is 0. The van der Waals surface area contributed by atoms with E-state index >= 15 is 0 Å². The molecule has 300 valence electrons. The Kier molecular flexibility index (Phi) is 33.4. The third-order valence-corrected chi connectivity index (χ3v) is 8.35. The third-order valence-electron chi connectivity index (χ3n) is 8.35. The fraction of sp³-hybridized carbons (Fsp3) is 0.744. The van der Waals surface area contributed by atoms with Gasteiger partial charge in [-0.3, -0.25) is 9.59 Å². The van der Waals surface area contributed by atoms with Crippen LogP contribution < -0.4 is 5.11 Å². The number of nitrogens with zero attached hydrogens (tertiary/aromatic N) is 1. The number of ether oxygens (including phenoxy) is 4. The highest BCUT2D eigenvalue weighted by molar-refractivity contribution is 5.70. The highest BCUT2D eigenvalue weighted by Crippen LogP contribution is 2.14. The molecule has 0 rings (SSSR count). The molecule has 0 fully saturated rings. The van der Waals surface area contributed by atoms with Crippen molar-refractivity contribution in [3.05, 3.63) is 48.6 Å². The first-order chi connectivity index (χ1) is 25.1. The first kappa shape index (κ1) is 49.2. The molecule has 0 aliphatic heterocycles. The number of carbonyl (C=O) groups excluding carboxylic acids is 3. The van der Waals surface area contributed by atoms with Gasteiger partial charge in [-0.1, -0.05) is 146 Å². The quantitative estimate of drug-likeness (QED) is 0.0207. The average Bonchev–Trinajstić information content (AvgIpc) is 3.09. The minimum Gasteiger partial charge on any atom is -0.545 e. The molecule has 0 saturated carbocycles. The largest absolute Gasteiger partial charge is 0.545 e. The van der Waals surface area contributed by atoms with E-state index in [0.717, 1.165) is 44.9 Å². The van der Waals surface area contributed by atoms with Crippen molar-refractivity contribution < 1.29 is 42.9 Å². The molecule has 52 heavy (non-hydrogen) atoms. The molecule has 0 N–H and O–H groups in total. The highest BCUT2D eigenvalue weighted by atomic mass is 16.7. The molecule has 0 aromatic carbocycles. The Labute approximate surface area is 317 Å². The molecule has 0 bridgehead atoms. The van der Waals surface area contributed by atoms with Crippen molar-refractivity contribution in [1.29, 1.82) is 0 Å². The zero-order chi connectivity index (χ0) is 38.5. The molecule has 0 amide bonds. The number of carboxylic acid groups (broad SMARTS) is 1. The molecule has 0 aromatic heterocycles. The van der Waals surface area contributed by atoms with E-state index < -0.39 is 24.3 Å². The predicted molar refractivity (Wildman–Crippen MR) is 209 cm³/mol. The second-order valence-electron chi connectivity index (χ2n) is 14.5. The van der Waals surface area contributed by atoms with Crippen LogP contribution in [-0.4, -0.2) is 82.3 Å². The maximum Gasteiger partial charge on any atom is 0.306 e. The van der Waals surface area contributed by atoms with Crippen molar-refractivity contribution in [3.63, 3.8) is 0 Å². The molecule has 0 aliphatic carbocycles. The van der Waals surface area contributed by atoms with E-state index in [9.17, 15) is 19.5 Å². The van der Waals surface area contributed by atoms with Crippen molar-refractivity contribution in [1.82, 2.24) is 0 Å². The van der Waals surface area contributed by atoms with Gasteiger partial charge in [-0.2, -0.15) is 0 Å². The molecule has 9 nitrogen and oxygen atoms in total. The molecule has 9 heteroatoms. The van der Waals surface area contributed by atoms with Crippen molar-refractivity contribution >= 4 is 17.9 Å². The number of hydrogen-bond donors (Lipinski definition) is 0. The maximum absolute atomic E-state index is 12.6. The van der Waals surface area contributed by atoms with E-state index in [-0.39, 0.29) is 38.6 Å². The lowest BCUT2D eigenvalue weighted by Crippen LogP contribution is -2.44. The Bertz CT molecular complexity index is 998. The molecular formula is C43H75NO8. The standard InChI is InChI=1S/C43H75NO8/c1-6-8-10-12-14-16-18-20-22-23-25-27-29-31-33-40(45)50-37-39(38-51-43(42(47)48)49-36-35-44(3,4)5)52-41(46)34-32-30-28-26-24-21-19-17-15-13-11-9-7-2/h9,11,15,17,21,24,28,30,39,43H,6-8,10,12-14,16,18-20,22-23,25-27,29,31-38H2,1-5H3/b11-9-,17-15-,24-21-,30-28-. The lowest BCUT2D eigenvalue weighted by atomic mass is 10.0. The number of aliphatic carboxylic acids is 1. The van der Waals surface area contributed by atoms with Gasteiger partial charge >= 0.3 is 11.9 Å². The summed E-state index contributed by atoms with van der Waals surface area (Å²) in [5.41, 5.74) is 0. The van der Waals surface area contributed by atoms with E-state index in [0.29, 0.717) is 17.4 Å². The van der Waals surface area contributed by atoms with Crippen molar-refractivity contribution in [3.8, 4) is 0 Å². The van der Waals surface area contributed by atoms with Gasteiger partial charge in [-0.15, -0.1) is 0 Å². The third kappa shape index (κ3) is 35.6. The first-order valence-electron chi connectivity index (χ1n) is 20.3. The van der Waals surface area contributed by atoms with Crippen LogP contribution in [0.5, 0.6) is 0 Å². The predicted octanol–water partition coefficient (Wildman–Crippen LogP) is 8.71. The van der Waals surface area contributed by atoms with Crippen molar-refractivity contribution in [2.24, 2.45) is 0 Å². The van der Waals surface area contributed by atoms with E-state index in [4.69, 9.17) is 18.9 Å². The molecule has 2 atom stereocenters. The summed E-state index contributed by atoms with van der Waals surface area (Å²) in [4.78, 5) is 36.8. The average molecular weight is 734 g/mol. The number of allylic oxidation sites excluding steroid dienone is 8. The summed E-state index contributed by atoms with van der Waals surface area (Å²) in [7, 11) is 5.87. The molecule has 0 heterocycles. The monoisotopic (exact) mass is 734 g/mol. The Balaban J connectivity index is 4.60. The smallest absolute Gasteiger partial charge is 0.306 e. The van der Waals surface area contributed by atoms with Crippen LogP contribution in [0.15, 0.2) is 48.6 Å². The first-order valence-corrected chi connectivity index (χ1v) is 20.3. The van der Waals surface area contributed by atoms with Crippen LogP contribution in [-0.2, 0) is 33.3 Å². The normalized spacial score (nSPS) is 13.5. The molecule has 0 saturated heterocycles. The molecule has 0 spiro atoms. The zero-order valence-electron chi connectivity index (χ0n) is 33.7. The van der Waals surface area contributed by atoms with Gasteiger partial charge in [0.25, 0.3) is 0 Å². The molecule has 0 aliphatic rings. The summed E-state index contributed by atoms with van der Waals surface area (Å²) < 4.78 is 22.4. The van der Waals surface area contributed by atoms with Crippen molar-refractivity contribution in [2.45, 2.75) is 161 Å². The summed E-state index contributed by atoms with van der Waals surface area (Å²) in [5, 5.41) is 11.6. The number of carboxylic acids is 1. The Morgan fingerprint density at radius 2 is 1.10 bits per heavy atom. The molecule has 0 radical (unpaired) electrons. The lowest BCUT2D eigenvalue weighted by molar-refractivity contribution is -0.870. The van der Waals surface area contributed by atoms with E-state index in [1.165, 1.54) is 70.6 Å². The number of likely N-dealkylation sites (N-methyl/N-ethyl adjacent to an activating group) is 1. The van der Waals surface area contributed by atoms with Crippen LogP contribution in [0.1, 0.15) is 149 Å². The number of rotatable bonds is 36. The van der Waals surface area contributed by atoms with E-state index in [1.807, 2.05) is 33.3 Å². The molecule has 0 aromatic rings. The Hall–Kier alpha value is -2.75. The van der Waals surface area contributed by atoms with Gasteiger partial charge in [0.2, 0.25) is 0 Å². The maximum atomic E-state index is 12.6. The number of carbonyl (C=O) groups is 3. The number of esters is 2. The number of unbranched alkanes of at least 4 members (excludes halogenated alkanes) is 13. The van der Waals surface area contributed by atoms with Crippen LogP contribution in [0, 0.1) is 0 Å². The van der Waals surface area contributed by atoms with Crippen LogP contribution in [0.4, 0.5) is 0 Å². The summed E-state index contributed by atoms with van der Waals surface area (Å²) in [6.45, 7) is 4.52. The fourth-order valence-corrected chi connectivity index (χ4v) is 5.19. The Morgan fingerprint density at radius 1 is 0.596 bits per heavy atom. The summed E-state index contributed by atoms with van der Waals surface area (Å²) >= 11 is 0. The highest BCUT2D eigenvalue weighted by Gasteiger charge is 2.21. The van der Waals surface area contributed by atoms with Gasteiger partial charge in [-0.05, 0) is 38.5 Å². The number of hydrogen-bond acceptors (Lipinski definition) is 8. The topological polar surface area (TPSA) is 111 Å². The van der Waals surface area contributed by atoms with Crippen LogP contribution in [0.3, 0.4) is 0 Å². The van der Waals surface area contributed by atoms with Crippen LogP contribution in [0.2, 0.25) is 0 Å². The van der Waals surface area contributed by atoms with Gasteiger partial charge in [0.05, 0.1) is 40.3 Å². The Morgan fingerprint density at radius 3 is 1.60 bits per heavy atom. The fourth-order valence-electron chi connectivity index (χ4n) is 5.19. The van der Waals surface area contributed by atoms with Crippen LogP contribution in [0.25, 0.3) is 0 Å². The van der Waals surface area contributed by atoms with Crippen molar-refractivity contribution in [2.75, 3.05) is 47.5 Å². The summed E-state index contributed by atoms with van der Waals surface area (Å²) in [6.07, 6.45) is 35.9. The summed E-state index contributed by atoms with van der Waals surface area (Å²) in [5.74, 6) is -2.40. The van der Waals surface area contributed by atoms with Gasteiger partial charge in [0.1, 0.15) is 13.2 Å².